The van der Waals surface area contributed by atoms with Crippen LogP contribution >= 0.6 is 0 Å². The van der Waals surface area contributed by atoms with Gasteiger partial charge in [0.25, 0.3) is 0 Å². The standard InChI is InChI=1S/C73H116O6/c1-4-7-10-13-16-19-21-23-25-27-29-31-33-34-35-36-37-38-40-41-43-45-47-49-51-54-57-60-63-66-72(75)78-69-70(68-77-71(74)65-62-59-56-53-18-15-12-9-6-3)79-73(76)67-64-61-58-55-52-50-48-46-44-42-39-32-30-28-26-24-22-20-17-14-11-8-5-2/h7-8,10-11,16-17,19-20,23-26,29-32,34-35,37-38,41-44,47,49,70H,4-6,9,12-15,18,21-22,27-28,33,36,39-40,45-46,48,50-69H2,1-3H3/b10-7-,11-8-,19-16-,20-17-,25-23-,26-24-,31-29-,32-30-,35-34-,38-37-,43-41-,44-42-,49-47-. The van der Waals surface area contributed by atoms with E-state index in [1.165, 1.54) is 57.8 Å². The van der Waals surface area contributed by atoms with E-state index in [9.17, 15) is 14.4 Å². The Labute approximate surface area is 486 Å². The van der Waals surface area contributed by atoms with Gasteiger partial charge < -0.3 is 14.2 Å². The Hall–Kier alpha value is -4.97. The van der Waals surface area contributed by atoms with Gasteiger partial charge in [0.1, 0.15) is 13.2 Å². The van der Waals surface area contributed by atoms with E-state index in [2.05, 4.69) is 179 Å². The Morgan fingerprint density at radius 3 is 0.772 bits per heavy atom. The quantitative estimate of drug-likeness (QED) is 0.0261. The maximum absolute atomic E-state index is 12.9. The smallest absolute Gasteiger partial charge is 0.306 e. The van der Waals surface area contributed by atoms with Crippen molar-refractivity contribution >= 4 is 17.9 Å². The van der Waals surface area contributed by atoms with E-state index in [-0.39, 0.29) is 31.1 Å². The lowest BCUT2D eigenvalue weighted by atomic mass is 10.1. The third kappa shape index (κ3) is 63.7. The second-order valence-electron chi connectivity index (χ2n) is 20.6. The van der Waals surface area contributed by atoms with Crippen molar-refractivity contribution in [2.45, 2.75) is 271 Å². The summed E-state index contributed by atoms with van der Waals surface area (Å²) in [7, 11) is 0. The number of carbonyl (C=O) groups excluding carboxylic acids is 3. The van der Waals surface area contributed by atoms with Gasteiger partial charge in [0, 0.05) is 19.3 Å². The molecule has 0 radical (unpaired) electrons. The molecule has 0 heterocycles. The minimum atomic E-state index is -0.801. The van der Waals surface area contributed by atoms with E-state index in [0.717, 1.165) is 167 Å². The molecule has 1 atom stereocenters. The molecule has 0 spiro atoms. The molecule has 0 rings (SSSR count). The maximum atomic E-state index is 12.9. The highest BCUT2D eigenvalue weighted by molar-refractivity contribution is 5.71. The zero-order valence-corrected chi connectivity index (χ0v) is 50.8. The Morgan fingerprint density at radius 2 is 0.494 bits per heavy atom. The number of esters is 3. The number of unbranched alkanes of at least 4 members (excludes halogenated alkanes) is 19. The van der Waals surface area contributed by atoms with Crippen LogP contribution in [-0.4, -0.2) is 37.2 Å². The second-order valence-corrected chi connectivity index (χ2v) is 20.6. The van der Waals surface area contributed by atoms with Crippen LogP contribution in [0.2, 0.25) is 0 Å². The third-order valence-electron chi connectivity index (χ3n) is 13.0. The largest absolute Gasteiger partial charge is 0.462 e. The Morgan fingerprint density at radius 1 is 0.266 bits per heavy atom. The molecule has 0 aliphatic heterocycles. The number of allylic oxidation sites excluding steroid dienone is 26. The zero-order valence-electron chi connectivity index (χ0n) is 50.8. The van der Waals surface area contributed by atoms with Crippen molar-refractivity contribution in [3.8, 4) is 0 Å². The summed E-state index contributed by atoms with van der Waals surface area (Å²) in [5, 5.41) is 0. The molecule has 0 aromatic carbocycles. The van der Waals surface area contributed by atoms with Gasteiger partial charge in [-0.2, -0.15) is 0 Å². The molecule has 6 heteroatoms. The molecule has 6 nitrogen and oxygen atoms in total. The van der Waals surface area contributed by atoms with Crippen LogP contribution in [0.1, 0.15) is 265 Å². The van der Waals surface area contributed by atoms with Crippen LogP contribution in [0.4, 0.5) is 0 Å². The number of hydrogen-bond acceptors (Lipinski definition) is 6. The topological polar surface area (TPSA) is 78.9 Å². The lowest BCUT2D eigenvalue weighted by molar-refractivity contribution is -0.167. The van der Waals surface area contributed by atoms with Crippen LogP contribution < -0.4 is 0 Å². The van der Waals surface area contributed by atoms with Crippen LogP contribution in [-0.2, 0) is 28.6 Å². The van der Waals surface area contributed by atoms with E-state index in [0.29, 0.717) is 19.3 Å². The van der Waals surface area contributed by atoms with E-state index in [1.807, 2.05) is 0 Å². The molecule has 0 saturated heterocycles. The molecule has 0 aliphatic carbocycles. The van der Waals surface area contributed by atoms with Crippen LogP contribution in [0.5, 0.6) is 0 Å². The Balaban J connectivity index is 4.34. The summed E-state index contributed by atoms with van der Waals surface area (Å²) in [5.74, 6) is -0.939. The molecule has 444 valence electrons. The summed E-state index contributed by atoms with van der Waals surface area (Å²) < 4.78 is 16.8. The van der Waals surface area contributed by atoms with E-state index in [1.54, 1.807) is 0 Å². The predicted molar refractivity (Wildman–Crippen MR) is 343 cm³/mol. The van der Waals surface area contributed by atoms with Crippen LogP contribution in [0.3, 0.4) is 0 Å². The van der Waals surface area contributed by atoms with E-state index >= 15 is 0 Å². The van der Waals surface area contributed by atoms with Crippen molar-refractivity contribution in [2.75, 3.05) is 13.2 Å². The van der Waals surface area contributed by atoms with Gasteiger partial charge in [-0.3, -0.25) is 14.4 Å². The summed E-state index contributed by atoms with van der Waals surface area (Å²) in [6.45, 7) is 6.36. The summed E-state index contributed by atoms with van der Waals surface area (Å²) >= 11 is 0. The van der Waals surface area contributed by atoms with Crippen molar-refractivity contribution in [2.24, 2.45) is 0 Å². The molecule has 0 N–H and O–H groups in total. The zero-order chi connectivity index (χ0) is 57.1. The number of ether oxygens (including phenoxy) is 3. The minimum Gasteiger partial charge on any atom is -0.462 e. The number of hydrogen-bond donors (Lipinski definition) is 0. The maximum Gasteiger partial charge on any atom is 0.306 e. The minimum absolute atomic E-state index is 0.0955. The molecular weight excluding hydrogens is 973 g/mol. The molecule has 0 fully saturated rings. The van der Waals surface area contributed by atoms with Crippen molar-refractivity contribution in [1.82, 2.24) is 0 Å². The first-order chi connectivity index (χ1) is 39.0. The Bertz CT molecular complexity index is 1780. The molecule has 79 heavy (non-hydrogen) atoms. The van der Waals surface area contributed by atoms with Gasteiger partial charge in [-0.15, -0.1) is 0 Å². The van der Waals surface area contributed by atoms with E-state index in [4.69, 9.17) is 14.2 Å². The van der Waals surface area contributed by atoms with Crippen molar-refractivity contribution < 1.29 is 28.6 Å². The molecule has 0 aromatic heterocycles. The molecule has 0 aliphatic rings. The molecule has 0 aromatic rings. The highest BCUT2D eigenvalue weighted by Crippen LogP contribution is 2.14. The van der Waals surface area contributed by atoms with E-state index < -0.39 is 6.10 Å². The normalized spacial score (nSPS) is 13.2. The molecule has 1 unspecified atom stereocenters. The fraction of sp³-hybridized carbons (Fsp3) is 0.603. The summed E-state index contributed by atoms with van der Waals surface area (Å²) in [6.07, 6.45) is 95.4. The first-order valence-electron chi connectivity index (χ1n) is 32.0. The lowest BCUT2D eigenvalue weighted by Crippen LogP contribution is -2.30. The highest BCUT2D eigenvalue weighted by atomic mass is 16.6. The summed E-state index contributed by atoms with van der Waals surface area (Å²) in [6, 6.07) is 0. The predicted octanol–water partition coefficient (Wildman–Crippen LogP) is 22.1. The van der Waals surface area contributed by atoms with Gasteiger partial charge in [0.2, 0.25) is 0 Å². The summed E-state index contributed by atoms with van der Waals surface area (Å²) in [4.78, 5) is 38.2. The lowest BCUT2D eigenvalue weighted by Gasteiger charge is -2.18. The Kier molecular flexibility index (Phi) is 61.4. The first-order valence-corrected chi connectivity index (χ1v) is 32.0. The monoisotopic (exact) mass is 1090 g/mol. The molecular formula is C73H116O6. The molecule has 0 bridgehead atoms. The van der Waals surface area contributed by atoms with Crippen LogP contribution in [0, 0.1) is 0 Å². The fourth-order valence-corrected chi connectivity index (χ4v) is 8.31. The van der Waals surface area contributed by atoms with Gasteiger partial charge in [0.05, 0.1) is 0 Å². The van der Waals surface area contributed by atoms with Crippen molar-refractivity contribution in [3.05, 3.63) is 158 Å². The van der Waals surface area contributed by atoms with Crippen LogP contribution in [0.25, 0.3) is 0 Å². The average Bonchev–Trinajstić information content (AvgIpc) is 3.45. The fourth-order valence-electron chi connectivity index (χ4n) is 8.31. The van der Waals surface area contributed by atoms with Gasteiger partial charge in [-0.25, -0.2) is 0 Å². The van der Waals surface area contributed by atoms with Gasteiger partial charge >= 0.3 is 17.9 Å². The van der Waals surface area contributed by atoms with Gasteiger partial charge in [0.15, 0.2) is 6.10 Å². The first kappa shape index (κ1) is 74.0. The molecule has 0 saturated carbocycles. The van der Waals surface area contributed by atoms with Crippen molar-refractivity contribution in [1.29, 1.82) is 0 Å². The second kappa shape index (κ2) is 65.5. The number of rotatable bonds is 56. The SMILES string of the molecule is CC/C=C\C/C=C\C/C=C\C/C=C\C/C=C\C/C=C\C/C=C\C/C=C\CCCCCCC(=O)OCC(COC(=O)CCCCCCCCCCC)OC(=O)CCCCCCCCC/C=C\C/C=C\C/C=C\C/C=C\C/C=C\CC. The van der Waals surface area contributed by atoms with Gasteiger partial charge in [-0.05, 0) is 128 Å². The third-order valence-corrected chi connectivity index (χ3v) is 13.0. The summed E-state index contributed by atoms with van der Waals surface area (Å²) in [5.41, 5.74) is 0. The average molecular weight is 1090 g/mol. The van der Waals surface area contributed by atoms with Crippen LogP contribution in [0.15, 0.2) is 158 Å². The van der Waals surface area contributed by atoms with Crippen molar-refractivity contribution in [3.63, 3.8) is 0 Å². The number of carbonyl (C=O) groups is 3. The highest BCUT2D eigenvalue weighted by Gasteiger charge is 2.19. The van der Waals surface area contributed by atoms with Gasteiger partial charge in [-0.1, -0.05) is 275 Å². The molecule has 0 amide bonds.